The Hall–Kier alpha value is -1.71. The number of hydrogen-bond donors (Lipinski definition) is 1. The van der Waals surface area contributed by atoms with E-state index in [0.29, 0.717) is 24.4 Å². The van der Waals surface area contributed by atoms with Crippen molar-refractivity contribution in [3.05, 3.63) is 38.8 Å². The molecule has 1 fully saturated rings. The molecule has 1 aliphatic heterocycles. The van der Waals surface area contributed by atoms with E-state index in [4.69, 9.17) is 4.74 Å². The van der Waals surface area contributed by atoms with Crippen LogP contribution in [0.1, 0.15) is 33.8 Å². The normalized spacial score (nSPS) is 16.8. The van der Waals surface area contributed by atoms with Gasteiger partial charge < -0.3 is 14.6 Å². The SMILES string of the molecule is Cc1nnc(SCCNC(=O)c2c(C)ccn(CC3CCCO3)c2=O)s1. The van der Waals surface area contributed by atoms with Gasteiger partial charge in [-0.1, -0.05) is 23.1 Å². The Morgan fingerprint density at radius 3 is 3.00 bits per heavy atom. The number of aryl methyl sites for hydroxylation is 2. The Bertz CT molecular complexity index is 828. The van der Waals surface area contributed by atoms with Gasteiger partial charge in [-0.3, -0.25) is 9.59 Å². The molecule has 3 rings (SSSR count). The minimum absolute atomic E-state index is 0.0538. The van der Waals surface area contributed by atoms with E-state index >= 15 is 0 Å². The summed E-state index contributed by atoms with van der Waals surface area (Å²) in [6.07, 6.45) is 3.76. The van der Waals surface area contributed by atoms with Crippen LogP contribution in [0.2, 0.25) is 0 Å². The maximum atomic E-state index is 12.7. The molecule has 0 saturated carbocycles. The molecule has 2 aromatic heterocycles. The standard InChI is InChI=1S/C17H22N4O3S2/c1-11-5-7-21(10-13-4-3-8-24-13)16(23)14(11)15(22)18-6-9-25-17-20-19-12(2)26-17/h5,7,13H,3-4,6,8-10H2,1-2H3,(H,18,22). The lowest BCUT2D eigenvalue weighted by molar-refractivity contribution is 0.0931. The van der Waals surface area contributed by atoms with Crippen molar-refractivity contribution >= 4 is 29.0 Å². The first-order valence-electron chi connectivity index (χ1n) is 8.57. The van der Waals surface area contributed by atoms with Crippen LogP contribution in [-0.2, 0) is 11.3 Å². The molecular formula is C17H22N4O3S2. The summed E-state index contributed by atoms with van der Waals surface area (Å²) in [7, 11) is 0. The topological polar surface area (TPSA) is 86.1 Å². The Morgan fingerprint density at radius 1 is 1.46 bits per heavy atom. The average Bonchev–Trinajstić information content (AvgIpc) is 3.26. The summed E-state index contributed by atoms with van der Waals surface area (Å²) in [6.45, 7) is 5.38. The second kappa shape index (κ2) is 8.79. The molecule has 7 nitrogen and oxygen atoms in total. The number of rotatable bonds is 7. The van der Waals surface area contributed by atoms with Crippen molar-refractivity contribution in [1.82, 2.24) is 20.1 Å². The Kier molecular flexibility index (Phi) is 6.44. The summed E-state index contributed by atoms with van der Waals surface area (Å²) < 4.78 is 8.05. The molecule has 1 unspecified atom stereocenters. The highest BCUT2D eigenvalue weighted by atomic mass is 32.2. The third-order valence-electron chi connectivity index (χ3n) is 4.15. The number of pyridine rings is 1. The minimum Gasteiger partial charge on any atom is -0.376 e. The molecule has 0 radical (unpaired) electrons. The van der Waals surface area contributed by atoms with Crippen LogP contribution in [0.25, 0.3) is 0 Å². The van der Waals surface area contributed by atoms with E-state index in [-0.39, 0.29) is 23.1 Å². The van der Waals surface area contributed by atoms with Crippen LogP contribution in [0.5, 0.6) is 0 Å². The van der Waals surface area contributed by atoms with Crippen LogP contribution < -0.4 is 10.9 Å². The summed E-state index contributed by atoms with van der Waals surface area (Å²) in [6, 6.07) is 1.81. The Balaban J connectivity index is 1.59. The van der Waals surface area contributed by atoms with Crippen molar-refractivity contribution in [2.75, 3.05) is 18.9 Å². The zero-order valence-electron chi connectivity index (χ0n) is 14.9. The first-order chi connectivity index (χ1) is 12.5. The Labute approximate surface area is 160 Å². The van der Waals surface area contributed by atoms with Gasteiger partial charge in [0.2, 0.25) is 0 Å². The van der Waals surface area contributed by atoms with Gasteiger partial charge in [0, 0.05) is 25.1 Å². The van der Waals surface area contributed by atoms with Crippen molar-refractivity contribution in [2.24, 2.45) is 0 Å². The van der Waals surface area contributed by atoms with E-state index in [1.807, 2.05) is 13.0 Å². The quantitative estimate of drug-likeness (QED) is 0.571. The lowest BCUT2D eigenvalue weighted by Gasteiger charge is -2.14. The molecule has 0 spiro atoms. The van der Waals surface area contributed by atoms with Gasteiger partial charge in [0.05, 0.1) is 12.6 Å². The van der Waals surface area contributed by atoms with Crippen molar-refractivity contribution in [3.63, 3.8) is 0 Å². The molecule has 0 aromatic carbocycles. The van der Waals surface area contributed by atoms with Gasteiger partial charge in [0.25, 0.3) is 11.5 Å². The van der Waals surface area contributed by atoms with Crippen molar-refractivity contribution in [1.29, 1.82) is 0 Å². The lowest BCUT2D eigenvalue weighted by atomic mass is 10.1. The number of amides is 1. The fraction of sp³-hybridized carbons (Fsp3) is 0.529. The summed E-state index contributed by atoms with van der Waals surface area (Å²) in [4.78, 5) is 25.2. The van der Waals surface area contributed by atoms with Gasteiger partial charge in [-0.2, -0.15) is 0 Å². The van der Waals surface area contributed by atoms with E-state index < -0.39 is 0 Å². The maximum absolute atomic E-state index is 12.7. The molecule has 1 atom stereocenters. The number of thioether (sulfide) groups is 1. The molecule has 1 aliphatic rings. The number of carbonyl (C=O) groups excluding carboxylic acids is 1. The third kappa shape index (κ3) is 4.72. The maximum Gasteiger partial charge on any atom is 0.263 e. The van der Waals surface area contributed by atoms with Crippen LogP contribution in [0.4, 0.5) is 0 Å². The largest absolute Gasteiger partial charge is 0.376 e. The first-order valence-corrected chi connectivity index (χ1v) is 10.4. The molecular weight excluding hydrogens is 372 g/mol. The zero-order valence-corrected chi connectivity index (χ0v) is 16.5. The fourth-order valence-electron chi connectivity index (χ4n) is 2.82. The molecule has 2 aromatic rings. The molecule has 26 heavy (non-hydrogen) atoms. The predicted molar refractivity (Wildman–Crippen MR) is 102 cm³/mol. The van der Waals surface area contributed by atoms with Gasteiger partial charge in [0.1, 0.15) is 10.6 Å². The Morgan fingerprint density at radius 2 is 2.31 bits per heavy atom. The van der Waals surface area contributed by atoms with Gasteiger partial charge in [-0.05, 0) is 38.3 Å². The van der Waals surface area contributed by atoms with Crippen LogP contribution in [0.15, 0.2) is 21.4 Å². The number of nitrogens with one attached hydrogen (secondary N) is 1. The average molecular weight is 395 g/mol. The smallest absolute Gasteiger partial charge is 0.263 e. The monoisotopic (exact) mass is 394 g/mol. The van der Waals surface area contributed by atoms with Crippen LogP contribution in [-0.4, -0.2) is 45.7 Å². The third-order valence-corrected chi connectivity index (χ3v) is 6.12. The van der Waals surface area contributed by atoms with Crippen molar-refractivity contribution < 1.29 is 9.53 Å². The molecule has 1 saturated heterocycles. The highest BCUT2D eigenvalue weighted by Crippen LogP contribution is 2.21. The molecule has 3 heterocycles. The minimum atomic E-state index is -0.330. The van der Waals surface area contributed by atoms with Crippen molar-refractivity contribution in [3.8, 4) is 0 Å². The van der Waals surface area contributed by atoms with Crippen LogP contribution >= 0.6 is 23.1 Å². The van der Waals surface area contributed by atoms with Gasteiger partial charge in [-0.25, -0.2) is 0 Å². The zero-order chi connectivity index (χ0) is 18.5. The van der Waals surface area contributed by atoms with Gasteiger partial charge in [0.15, 0.2) is 4.34 Å². The summed E-state index contributed by atoms with van der Waals surface area (Å²) >= 11 is 3.07. The number of hydrogen-bond acceptors (Lipinski definition) is 7. The molecule has 9 heteroatoms. The first kappa shape index (κ1) is 19.1. The second-order valence-corrected chi connectivity index (χ2v) is 8.68. The number of aromatic nitrogens is 3. The fourth-order valence-corrected chi connectivity index (χ4v) is 4.56. The van der Waals surface area contributed by atoms with Crippen molar-refractivity contribution in [2.45, 2.75) is 43.7 Å². The summed E-state index contributed by atoms with van der Waals surface area (Å²) in [5, 5.41) is 11.7. The van der Waals surface area contributed by atoms with E-state index in [1.54, 1.807) is 29.4 Å². The summed E-state index contributed by atoms with van der Waals surface area (Å²) in [5.41, 5.74) is 0.635. The van der Waals surface area contributed by atoms with Crippen LogP contribution in [0.3, 0.4) is 0 Å². The molecule has 1 amide bonds. The molecule has 0 aliphatic carbocycles. The molecule has 140 valence electrons. The summed E-state index contributed by atoms with van der Waals surface area (Å²) in [5.74, 6) is 0.347. The van der Waals surface area contributed by atoms with E-state index in [9.17, 15) is 9.59 Å². The van der Waals surface area contributed by atoms with Gasteiger partial charge >= 0.3 is 0 Å². The highest BCUT2D eigenvalue weighted by Gasteiger charge is 2.20. The molecule has 0 bridgehead atoms. The second-order valence-electron chi connectivity index (χ2n) is 6.16. The molecule has 1 N–H and O–H groups in total. The lowest BCUT2D eigenvalue weighted by Crippen LogP contribution is -2.36. The van der Waals surface area contributed by atoms with E-state index in [2.05, 4.69) is 15.5 Å². The van der Waals surface area contributed by atoms with E-state index in [1.165, 1.54) is 11.3 Å². The van der Waals surface area contributed by atoms with E-state index in [0.717, 1.165) is 28.8 Å². The van der Waals surface area contributed by atoms with Gasteiger partial charge in [-0.15, -0.1) is 10.2 Å². The number of carbonyl (C=O) groups is 1. The predicted octanol–water partition coefficient (Wildman–Crippen LogP) is 2.02. The van der Waals surface area contributed by atoms with Crippen LogP contribution in [0, 0.1) is 13.8 Å². The number of nitrogens with zero attached hydrogens (tertiary/aromatic N) is 3. The number of ether oxygens (including phenoxy) is 1. The highest BCUT2D eigenvalue weighted by molar-refractivity contribution is 8.01.